The Morgan fingerprint density at radius 2 is 0.650 bits per heavy atom. The highest BCUT2D eigenvalue weighted by atomic mass is 32.1. The summed E-state index contributed by atoms with van der Waals surface area (Å²) < 4.78 is 5.37. The molecule has 2 aliphatic rings. The number of hydrogen-bond donors (Lipinski definition) is 0. The molecule has 2 aliphatic carbocycles. The highest BCUT2D eigenvalue weighted by molar-refractivity contribution is 7.26. The molecule has 14 aromatic rings. The molecule has 4 heteroatoms. The number of nitrogens with zero attached hydrogens (tertiary/aromatic N) is 2. The molecule has 0 saturated heterocycles. The second-order valence-corrected chi connectivity index (χ2v) is 24.8. The summed E-state index contributed by atoms with van der Waals surface area (Å²) in [5.41, 5.74) is 15.3. The monoisotopic (exact) mass is 1060 g/mol. The first-order valence-corrected chi connectivity index (χ1v) is 30.8. The molecule has 386 valence electrons. The Balaban J connectivity index is 0.917. The Hall–Kier alpha value is -8.28. The largest absolute Gasteiger partial charge is 0.310 e. The first kappa shape index (κ1) is 47.7. The maximum absolute atomic E-state index is 2.62. The van der Waals surface area contributed by atoms with Crippen molar-refractivity contribution in [3.8, 4) is 22.3 Å². The molecular formula is C76H60N2S2. The van der Waals surface area contributed by atoms with Gasteiger partial charge in [0.05, 0.1) is 11.4 Å². The molecular weight excluding hydrogens is 1000 g/mol. The molecule has 2 saturated carbocycles. The molecule has 0 radical (unpaired) electrons. The van der Waals surface area contributed by atoms with Crippen molar-refractivity contribution in [1.82, 2.24) is 0 Å². The van der Waals surface area contributed by atoms with Crippen LogP contribution in [0.3, 0.4) is 0 Å². The van der Waals surface area contributed by atoms with Crippen LogP contribution in [0.15, 0.2) is 231 Å². The average molecular weight is 1070 g/mol. The van der Waals surface area contributed by atoms with Crippen molar-refractivity contribution in [2.75, 3.05) is 9.80 Å². The number of rotatable bonds is 10. The van der Waals surface area contributed by atoms with Crippen LogP contribution in [-0.4, -0.2) is 0 Å². The zero-order valence-electron chi connectivity index (χ0n) is 44.9. The minimum absolute atomic E-state index is 0.490. The van der Waals surface area contributed by atoms with Crippen molar-refractivity contribution in [2.24, 2.45) is 0 Å². The van der Waals surface area contributed by atoms with Crippen molar-refractivity contribution in [1.29, 1.82) is 0 Å². The molecule has 16 rings (SSSR count). The summed E-state index contributed by atoms with van der Waals surface area (Å²) in [5.74, 6) is 0.979. The summed E-state index contributed by atoms with van der Waals surface area (Å²) in [6.45, 7) is 0. The second kappa shape index (κ2) is 19.8. The number of anilines is 6. The molecule has 0 unspecified atom stereocenters. The predicted octanol–water partition coefficient (Wildman–Crippen LogP) is 23.7. The standard InChI is InChI=1S/C76H60N2S2/c1-5-19-49(20-6-1)67-47-69(77(53-23-9-3-10-24-53)55-39-35-51(36-40-55)57-29-17-31-63-59-27-13-15-33-71(59)79-75(57)63)65-46-44-62-68(50-21-7-2-8-22-50)48-70(66-45-43-61(67)73(65)74(62)66)78(54-25-11-4-12-26-54)56-41-37-52(38-42-56)58-30-18-32-64-60-28-14-16-34-72(60)80-76(58)64/h3-4,9-18,23-50H,1-2,5-8,19-22H2. The van der Waals surface area contributed by atoms with Gasteiger partial charge in [0, 0.05) is 73.9 Å². The van der Waals surface area contributed by atoms with E-state index in [1.165, 1.54) is 204 Å². The summed E-state index contributed by atoms with van der Waals surface area (Å²) in [7, 11) is 0. The molecule has 2 fully saturated rings. The maximum Gasteiger partial charge on any atom is 0.0543 e. The van der Waals surface area contributed by atoms with Gasteiger partial charge in [-0.2, -0.15) is 0 Å². The van der Waals surface area contributed by atoms with Crippen LogP contribution in [0, 0.1) is 0 Å². The fraction of sp³-hybridized carbons (Fsp3) is 0.158. The fourth-order valence-electron chi connectivity index (χ4n) is 14.4. The lowest BCUT2D eigenvalue weighted by Gasteiger charge is -2.33. The van der Waals surface area contributed by atoms with Gasteiger partial charge in [-0.25, -0.2) is 0 Å². The van der Waals surface area contributed by atoms with Gasteiger partial charge in [-0.15, -0.1) is 22.7 Å². The molecule has 0 aliphatic heterocycles. The van der Waals surface area contributed by atoms with E-state index in [1.54, 1.807) is 0 Å². The van der Waals surface area contributed by atoms with Crippen LogP contribution < -0.4 is 9.80 Å². The van der Waals surface area contributed by atoms with Gasteiger partial charge in [-0.05, 0) is 165 Å². The van der Waals surface area contributed by atoms with Gasteiger partial charge in [0.25, 0.3) is 0 Å². The number of para-hydroxylation sites is 2. The van der Waals surface area contributed by atoms with E-state index in [1.807, 2.05) is 22.7 Å². The van der Waals surface area contributed by atoms with E-state index in [0.29, 0.717) is 11.8 Å². The topological polar surface area (TPSA) is 6.48 Å². The molecule has 2 nitrogen and oxygen atoms in total. The summed E-state index contributed by atoms with van der Waals surface area (Å²) >= 11 is 3.81. The van der Waals surface area contributed by atoms with Crippen LogP contribution in [0.1, 0.15) is 87.2 Å². The van der Waals surface area contributed by atoms with Crippen LogP contribution in [0.5, 0.6) is 0 Å². The summed E-state index contributed by atoms with van der Waals surface area (Å²) in [6, 6.07) is 87.9. The van der Waals surface area contributed by atoms with Crippen molar-refractivity contribution >= 4 is 129 Å². The Labute approximate surface area is 476 Å². The summed E-state index contributed by atoms with van der Waals surface area (Å²) in [5, 5.41) is 13.6. The lowest BCUT2D eigenvalue weighted by molar-refractivity contribution is 0.445. The van der Waals surface area contributed by atoms with Gasteiger partial charge in [0.15, 0.2) is 0 Å². The number of thiophene rings is 2. The first-order chi connectivity index (χ1) is 39.7. The predicted molar refractivity (Wildman–Crippen MR) is 348 cm³/mol. The maximum atomic E-state index is 2.62. The molecule has 2 heterocycles. The third-order valence-corrected chi connectivity index (χ3v) is 20.6. The SMILES string of the molecule is c1ccc(N(c2ccc(-c3cccc4c3sc3ccccc34)cc2)c2cc(C3CCCCC3)c3ccc4c(N(c5ccccc5)c5ccc(-c6cccc7c6sc6ccccc67)cc5)cc(C5CCCCC5)c5ccc2c3c54)cc1. The summed E-state index contributed by atoms with van der Waals surface area (Å²) in [4.78, 5) is 5.14. The third-order valence-electron chi connectivity index (χ3n) is 18.2. The Bertz CT molecular complexity index is 4300. The molecule has 0 atom stereocenters. The molecule has 0 bridgehead atoms. The number of fused-ring (bicyclic) bond motifs is 6. The van der Waals surface area contributed by atoms with Gasteiger partial charge in [-0.1, -0.05) is 196 Å². The highest BCUT2D eigenvalue weighted by Crippen LogP contribution is 2.54. The molecule has 0 spiro atoms. The minimum Gasteiger partial charge on any atom is -0.310 e. The highest BCUT2D eigenvalue weighted by Gasteiger charge is 2.30. The van der Waals surface area contributed by atoms with Crippen molar-refractivity contribution in [3.05, 3.63) is 242 Å². The van der Waals surface area contributed by atoms with Crippen molar-refractivity contribution in [3.63, 3.8) is 0 Å². The average Bonchev–Trinajstić information content (AvgIpc) is 4.22. The molecule has 0 N–H and O–H groups in total. The molecule has 0 amide bonds. The van der Waals surface area contributed by atoms with Crippen LogP contribution in [0.25, 0.3) is 94.9 Å². The van der Waals surface area contributed by atoms with Crippen LogP contribution >= 0.6 is 22.7 Å². The summed E-state index contributed by atoms with van der Waals surface area (Å²) in [6.07, 6.45) is 12.6. The van der Waals surface area contributed by atoms with E-state index in [0.717, 1.165) is 0 Å². The Morgan fingerprint density at radius 1 is 0.287 bits per heavy atom. The van der Waals surface area contributed by atoms with Gasteiger partial charge in [0.2, 0.25) is 0 Å². The quantitative estimate of drug-likeness (QED) is 0.126. The first-order valence-electron chi connectivity index (χ1n) is 29.2. The molecule has 12 aromatic carbocycles. The lowest BCUT2D eigenvalue weighted by Crippen LogP contribution is -2.14. The van der Waals surface area contributed by atoms with Crippen molar-refractivity contribution in [2.45, 2.75) is 76.0 Å². The fourth-order valence-corrected chi connectivity index (χ4v) is 16.9. The van der Waals surface area contributed by atoms with Gasteiger partial charge < -0.3 is 9.80 Å². The smallest absolute Gasteiger partial charge is 0.0543 e. The normalized spacial score (nSPS) is 14.7. The van der Waals surface area contributed by atoms with Crippen molar-refractivity contribution < 1.29 is 0 Å². The lowest BCUT2D eigenvalue weighted by atomic mass is 9.77. The van der Waals surface area contributed by atoms with Gasteiger partial charge in [-0.3, -0.25) is 0 Å². The Kier molecular flexibility index (Phi) is 11.8. The van der Waals surface area contributed by atoms with E-state index < -0.39 is 0 Å². The van der Waals surface area contributed by atoms with E-state index >= 15 is 0 Å². The minimum atomic E-state index is 0.490. The molecule has 2 aromatic heterocycles. The van der Waals surface area contributed by atoms with Crippen LogP contribution in [0.2, 0.25) is 0 Å². The van der Waals surface area contributed by atoms with Crippen LogP contribution in [0.4, 0.5) is 34.1 Å². The van der Waals surface area contributed by atoms with E-state index in [9.17, 15) is 0 Å². The zero-order valence-corrected chi connectivity index (χ0v) is 46.5. The van der Waals surface area contributed by atoms with E-state index in [4.69, 9.17) is 0 Å². The second-order valence-electron chi connectivity index (χ2n) is 22.7. The van der Waals surface area contributed by atoms with Gasteiger partial charge in [0.1, 0.15) is 0 Å². The van der Waals surface area contributed by atoms with Gasteiger partial charge >= 0.3 is 0 Å². The van der Waals surface area contributed by atoms with Crippen LogP contribution in [-0.2, 0) is 0 Å². The molecule has 80 heavy (non-hydrogen) atoms. The van der Waals surface area contributed by atoms with E-state index in [-0.39, 0.29) is 0 Å². The number of benzene rings is 12. The number of hydrogen-bond acceptors (Lipinski definition) is 4. The zero-order chi connectivity index (χ0) is 52.7. The third kappa shape index (κ3) is 7.93. The van der Waals surface area contributed by atoms with E-state index in [2.05, 4.69) is 240 Å². The Morgan fingerprint density at radius 3 is 1.07 bits per heavy atom.